The van der Waals surface area contributed by atoms with Crippen molar-refractivity contribution >= 4 is 23.2 Å². The Morgan fingerprint density at radius 2 is 1.63 bits per heavy atom. The molecule has 0 aliphatic rings. The van der Waals surface area contributed by atoms with E-state index in [0.717, 1.165) is 5.56 Å². The zero-order chi connectivity index (χ0) is 14.2. The van der Waals surface area contributed by atoms with E-state index in [1.54, 1.807) is 32.0 Å². The van der Waals surface area contributed by atoms with Gasteiger partial charge in [0.15, 0.2) is 0 Å². The van der Waals surface area contributed by atoms with Gasteiger partial charge in [0.2, 0.25) is 0 Å². The van der Waals surface area contributed by atoms with Crippen LogP contribution >= 0.6 is 23.2 Å². The van der Waals surface area contributed by atoms with Crippen LogP contribution in [0, 0.1) is 19.7 Å². The molecule has 0 amide bonds. The summed E-state index contributed by atoms with van der Waals surface area (Å²) in [6.45, 7) is 3.55. The number of aryl methyl sites for hydroxylation is 2. The average molecular weight is 299 g/mol. The molecule has 1 atom stereocenters. The number of halogens is 3. The molecule has 0 radical (unpaired) electrons. The van der Waals surface area contributed by atoms with Crippen molar-refractivity contribution in [1.29, 1.82) is 0 Å². The highest BCUT2D eigenvalue weighted by atomic mass is 35.5. The number of aliphatic hydroxyl groups excluding tert-OH is 1. The maximum absolute atomic E-state index is 14.1. The molecule has 0 aliphatic heterocycles. The lowest BCUT2D eigenvalue weighted by Crippen LogP contribution is -2.07. The van der Waals surface area contributed by atoms with E-state index in [1.807, 2.05) is 6.07 Å². The Kier molecular flexibility index (Phi) is 4.14. The summed E-state index contributed by atoms with van der Waals surface area (Å²) in [6, 6.07) is 8.11. The molecular weight excluding hydrogens is 286 g/mol. The molecule has 0 bridgehead atoms. The van der Waals surface area contributed by atoms with Gasteiger partial charge in [0, 0.05) is 21.2 Å². The number of aliphatic hydroxyl groups is 1. The molecule has 2 aromatic carbocycles. The summed E-state index contributed by atoms with van der Waals surface area (Å²) >= 11 is 12.1. The summed E-state index contributed by atoms with van der Waals surface area (Å²) in [6.07, 6.45) is -1.18. The Bertz CT molecular complexity index is 582. The third-order valence-corrected chi connectivity index (χ3v) is 3.69. The molecule has 100 valence electrons. The molecule has 19 heavy (non-hydrogen) atoms. The maximum atomic E-state index is 14.1. The van der Waals surface area contributed by atoms with Gasteiger partial charge in [-0.25, -0.2) is 4.39 Å². The zero-order valence-electron chi connectivity index (χ0n) is 10.5. The lowest BCUT2D eigenvalue weighted by Gasteiger charge is -2.18. The predicted molar refractivity (Wildman–Crippen MR) is 76.4 cm³/mol. The molecule has 1 N–H and O–H groups in total. The molecule has 0 fully saturated rings. The van der Waals surface area contributed by atoms with Gasteiger partial charge in [-0.1, -0.05) is 35.3 Å². The summed E-state index contributed by atoms with van der Waals surface area (Å²) in [5.41, 5.74) is 2.01. The van der Waals surface area contributed by atoms with Gasteiger partial charge in [0.05, 0.1) is 0 Å². The third kappa shape index (κ3) is 2.76. The second kappa shape index (κ2) is 5.49. The second-order valence-electron chi connectivity index (χ2n) is 4.52. The van der Waals surface area contributed by atoms with Gasteiger partial charge >= 0.3 is 0 Å². The number of benzene rings is 2. The largest absolute Gasteiger partial charge is 0.383 e. The summed E-state index contributed by atoms with van der Waals surface area (Å²) in [5, 5.41) is 11.0. The van der Waals surface area contributed by atoms with Gasteiger partial charge in [-0.3, -0.25) is 0 Å². The molecule has 2 aromatic rings. The van der Waals surface area contributed by atoms with Gasteiger partial charge in [0.1, 0.15) is 11.9 Å². The van der Waals surface area contributed by atoms with Crippen LogP contribution < -0.4 is 0 Å². The van der Waals surface area contributed by atoms with E-state index < -0.39 is 11.9 Å². The minimum absolute atomic E-state index is 0.209. The average Bonchev–Trinajstić information content (AvgIpc) is 2.26. The SMILES string of the molecule is Cc1cc(C)c(C(O)c2c(Cl)cccc2Cl)c(F)c1. The molecule has 1 unspecified atom stereocenters. The number of hydrogen-bond acceptors (Lipinski definition) is 1. The van der Waals surface area contributed by atoms with E-state index in [2.05, 4.69) is 0 Å². The van der Waals surface area contributed by atoms with E-state index >= 15 is 0 Å². The summed E-state index contributed by atoms with van der Waals surface area (Å²) in [7, 11) is 0. The van der Waals surface area contributed by atoms with Gasteiger partial charge in [-0.15, -0.1) is 0 Å². The van der Waals surface area contributed by atoms with Crippen LogP contribution in [0.4, 0.5) is 4.39 Å². The van der Waals surface area contributed by atoms with Crippen LogP contribution in [0.3, 0.4) is 0 Å². The van der Waals surface area contributed by atoms with Crippen molar-refractivity contribution in [2.75, 3.05) is 0 Å². The normalized spacial score (nSPS) is 12.5. The fourth-order valence-electron chi connectivity index (χ4n) is 2.19. The highest BCUT2D eigenvalue weighted by Gasteiger charge is 2.22. The topological polar surface area (TPSA) is 20.2 Å². The van der Waals surface area contributed by atoms with Gasteiger partial charge < -0.3 is 5.11 Å². The van der Waals surface area contributed by atoms with Crippen LogP contribution in [-0.4, -0.2) is 5.11 Å². The van der Waals surface area contributed by atoms with E-state index in [4.69, 9.17) is 23.2 Å². The first kappa shape index (κ1) is 14.3. The molecular formula is C15H13Cl2FO. The van der Waals surface area contributed by atoms with Gasteiger partial charge in [0.25, 0.3) is 0 Å². The Morgan fingerprint density at radius 3 is 2.16 bits per heavy atom. The quantitative estimate of drug-likeness (QED) is 0.842. The van der Waals surface area contributed by atoms with Crippen molar-refractivity contribution in [1.82, 2.24) is 0 Å². The third-order valence-electron chi connectivity index (χ3n) is 3.03. The van der Waals surface area contributed by atoms with Crippen molar-refractivity contribution in [2.24, 2.45) is 0 Å². The van der Waals surface area contributed by atoms with Gasteiger partial charge in [-0.2, -0.15) is 0 Å². The molecule has 0 aliphatic carbocycles. The Balaban J connectivity index is 2.60. The van der Waals surface area contributed by atoms with Crippen molar-refractivity contribution in [3.63, 3.8) is 0 Å². The van der Waals surface area contributed by atoms with Crippen LogP contribution in [0.15, 0.2) is 30.3 Å². The van der Waals surface area contributed by atoms with E-state index in [1.165, 1.54) is 6.07 Å². The monoisotopic (exact) mass is 298 g/mol. The smallest absolute Gasteiger partial charge is 0.129 e. The summed E-state index contributed by atoms with van der Waals surface area (Å²) in [5.74, 6) is -0.457. The van der Waals surface area contributed by atoms with Crippen molar-refractivity contribution in [3.05, 3.63) is 68.4 Å². The predicted octanol–water partition coefficient (Wildman–Crippen LogP) is 4.83. The maximum Gasteiger partial charge on any atom is 0.129 e. The minimum Gasteiger partial charge on any atom is -0.383 e. The van der Waals surface area contributed by atoms with Crippen LogP contribution in [0.2, 0.25) is 10.0 Å². The highest BCUT2D eigenvalue weighted by molar-refractivity contribution is 6.36. The lowest BCUT2D eigenvalue weighted by molar-refractivity contribution is 0.214. The fourth-order valence-corrected chi connectivity index (χ4v) is 2.79. The summed E-state index contributed by atoms with van der Waals surface area (Å²) < 4.78 is 14.1. The lowest BCUT2D eigenvalue weighted by atomic mass is 9.95. The first-order valence-corrected chi connectivity index (χ1v) is 6.56. The molecule has 4 heteroatoms. The van der Waals surface area contributed by atoms with Crippen molar-refractivity contribution in [3.8, 4) is 0 Å². The van der Waals surface area contributed by atoms with E-state index in [-0.39, 0.29) is 5.56 Å². The summed E-state index contributed by atoms with van der Waals surface area (Å²) in [4.78, 5) is 0. The molecule has 1 nitrogen and oxygen atoms in total. The fraction of sp³-hybridized carbons (Fsp3) is 0.200. The van der Waals surface area contributed by atoms with Crippen molar-refractivity contribution in [2.45, 2.75) is 20.0 Å². The molecule has 0 saturated carbocycles. The van der Waals surface area contributed by atoms with Crippen LogP contribution in [0.1, 0.15) is 28.4 Å². The minimum atomic E-state index is -1.18. The first-order chi connectivity index (χ1) is 8.91. The van der Waals surface area contributed by atoms with Crippen LogP contribution in [-0.2, 0) is 0 Å². The standard InChI is InChI=1S/C15H13Cl2FO/c1-8-6-9(2)13(12(18)7-8)15(19)14-10(16)4-3-5-11(14)17/h3-7,15,19H,1-2H3. The van der Waals surface area contributed by atoms with Crippen LogP contribution in [0.5, 0.6) is 0 Å². The molecule has 0 aromatic heterocycles. The Hall–Kier alpha value is -1.09. The Labute approximate surface area is 121 Å². The molecule has 2 rings (SSSR count). The highest BCUT2D eigenvalue weighted by Crippen LogP contribution is 2.36. The van der Waals surface area contributed by atoms with Gasteiger partial charge in [-0.05, 0) is 43.2 Å². The molecule has 0 spiro atoms. The Morgan fingerprint density at radius 1 is 1.05 bits per heavy atom. The van der Waals surface area contributed by atoms with Crippen molar-refractivity contribution < 1.29 is 9.50 Å². The second-order valence-corrected chi connectivity index (χ2v) is 5.33. The molecule has 0 saturated heterocycles. The van der Waals surface area contributed by atoms with E-state index in [0.29, 0.717) is 21.2 Å². The number of hydrogen-bond donors (Lipinski definition) is 1. The first-order valence-electron chi connectivity index (χ1n) is 5.80. The van der Waals surface area contributed by atoms with E-state index in [9.17, 15) is 9.50 Å². The molecule has 0 heterocycles. The number of rotatable bonds is 2. The zero-order valence-corrected chi connectivity index (χ0v) is 12.1. The van der Waals surface area contributed by atoms with Crippen LogP contribution in [0.25, 0.3) is 0 Å².